The van der Waals surface area contributed by atoms with Crippen molar-refractivity contribution in [1.29, 1.82) is 0 Å². The number of rotatable bonds is 12. The van der Waals surface area contributed by atoms with Crippen molar-refractivity contribution < 1.29 is 23.5 Å². The number of methoxy groups -OCH3 is 2. The molecule has 2 aromatic heterocycles. The Kier molecular flexibility index (Phi) is 10.1. The highest BCUT2D eigenvalue weighted by atomic mass is 32.1. The summed E-state index contributed by atoms with van der Waals surface area (Å²) in [7, 11) is 4.63. The number of carbonyl (C=O) groups is 1. The van der Waals surface area contributed by atoms with Crippen LogP contribution in [-0.4, -0.2) is 42.7 Å². The molecule has 238 valence electrons. The minimum absolute atomic E-state index is 0.0326. The van der Waals surface area contributed by atoms with Gasteiger partial charge in [0.2, 0.25) is 0 Å². The molecule has 1 N–H and O–H groups in total. The zero-order chi connectivity index (χ0) is 32.8. The molecule has 0 radical (unpaired) electrons. The Hall–Kier alpha value is -5.07. The predicted octanol–water partition coefficient (Wildman–Crippen LogP) is 5.09. The number of aromatic nitrogens is 2. The van der Waals surface area contributed by atoms with E-state index in [2.05, 4.69) is 15.3 Å². The van der Waals surface area contributed by atoms with E-state index in [1.807, 2.05) is 19.1 Å². The first-order chi connectivity index (χ1) is 22.3. The molecule has 0 saturated carbocycles. The van der Waals surface area contributed by atoms with Gasteiger partial charge in [-0.3, -0.25) is 23.7 Å². The summed E-state index contributed by atoms with van der Waals surface area (Å²) in [6, 6.07) is 20.9. The van der Waals surface area contributed by atoms with Gasteiger partial charge < -0.3 is 14.3 Å². The number of thiophene rings is 1. The van der Waals surface area contributed by atoms with Crippen LogP contribution in [0.1, 0.15) is 34.6 Å². The Morgan fingerprint density at radius 1 is 1.04 bits per heavy atom. The first kappa shape index (κ1) is 32.3. The first-order valence-corrected chi connectivity index (χ1v) is 15.3. The molecule has 3 aromatic carbocycles. The topological polar surface area (TPSA) is 113 Å². The highest BCUT2D eigenvalue weighted by molar-refractivity contribution is 7.18. The average Bonchev–Trinajstić information content (AvgIpc) is 3.53. The number of hydrogen-bond acceptors (Lipinski definition) is 8. The Labute approximate surface area is 268 Å². The van der Waals surface area contributed by atoms with Crippen molar-refractivity contribution in [3.05, 3.63) is 121 Å². The van der Waals surface area contributed by atoms with Gasteiger partial charge >= 0.3 is 12.2 Å². The van der Waals surface area contributed by atoms with E-state index in [1.165, 1.54) is 36.1 Å². The van der Waals surface area contributed by atoms with Crippen molar-refractivity contribution in [1.82, 2.24) is 14.6 Å². The Morgan fingerprint density at radius 3 is 2.46 bits per heavy atom. The average molecular weight is 645 g/mol. The quantitative estimate of drug-likeness (QED) is 0.0871. The van der Waals surface area contributed by atoms with Crippen LogP contribution >= 0.6 is 11.3 Å². The third-order valence-electron chi connectivity index (χ3n) is 7.72. The summed E-state index contributed by atoms with van der Waals surface area (Å²) in [6.45, 7) is 2.09. The fourth-order valence-corrected chi connectivity index (χ4v) is 6.36. The molecule has 0 amide bonds. The number of fused-ring (bicyclic) bond motifs is 1. The van der Waals surface area contributed by atoms with Gasteiger partial charge in [0.05, 0.1) is 25.6 Å². The van der Waals surface area contributed by atoms with Crippen LogP contribution in [0.5, 0.6) is 5.75 Å². The number of nitrogens with one attached hydrogen (secondary N) is 1. The van der Waals surface area contributed by atoms with Crippen LogP contribution in [0.3, 0.4) is 0 Å². The lowest BCUT2D eigenvalue weighted by molar-refractivity contribution is -0.132. The van der Waals surface area contributed by atoms with Crippen LogP contribution in [0.2, 0.25) is 0 Å². The number of benzene rings is 3. The third kappa shape index (κ3) is 6.49. The molecule has 0 fully saturated rings. The molecule has 0 aliphatic rings. The van der Waals surface area contributed by atoms with Gasteiger partial charge in [-0.2, -0.15) is 0 Å². The number of carbonyl (C=O) groups excluding carboxylic acids is 1. The van der Waals surface area contributed by atoms with Gasteiger partial charge in [0.15, 0.2) is 5.84 Å². The monoisotopic (exact) mass is 644 g/mol. The van der Waals surface area contributed by atoms with E-state index < -0.39 is 23.2 Å². The minimum atomic E-state index is -0.592. The highest BCUT2D eigenvalue weighted by Crippen LogP contribution is 2.28. The van der Waals surface area contributed by atoms with Crippen molar-refractivity contribution in [2.45, 2.75) is 32.5 Å². The smallest absolute Gasteiger partial charge is 0.332 e. The van der Waals surface area contributed by atoms with Gasteiger partial charge in [-0.25, -0.2) is 14.7 Å². The summed E-state index contributed by atoms with van der Waals surface area (Å²) in [6.07, 6.45) is 0.0863. The molecule has 0 bridgehead atoms. The second-order valence-electron chi connectivity index (χ2n) is 10.3. The number of hydroxylamine groups is 1. The maximum Gasteiger partial charge on any atom is 0.332 e. The summed E-state index contributed by atoms with van der Waals surface area (Å²) in [5.41, 5.74) is 4.35. The minimum Gasteiger partial charge on any atom is -0.497 e. The summed E-state index contributed by atoms with van der Waals surface area (Å²) in [5, 5.41) is 0.397. The fraction of sp³-hybridized carbons (Fsp3) is 0.235. The SMILES string of the molecule is CCc1cc2c(=O)n(CC(OC)c3ccc(OC)cc3)c(=O)n(Cc3ccc(-c4ccccc4C(=NC)NOC=O)cc3F)c2s1. The largest absolute Gasteiger partial charge is 0.497 e. The van der Waals surface area contributed by atoms with E-state index in [1.54, 1.807) is 61.7 Å². The summed E-state index contributed by atoms with van der Waals surface area (Å²) >= 11 is 1.35. The second-order valence-corrected chi connectivity index (χ2v) is 11.4. The van der Waals surface area contributed by atoms with Crippen molar-refractivity contribution in [2.75, 3.05) is 21.3 Å². The lowest BCUT2D eigenvalue weighted by atomic mass is 9.97. The number of amidine groups is 1. The molecule has 10 nitrogen and oxygen atoms in total. The number of halogens is 1. The Balaban J connectivity index is 1.55. The van der Waals surface area contributed by atoms with Gasteiger partial charge in [0, 0.05) is 30.2 Å². The van der Waals surface area contributed by atoms with Crippen molar-refractivity contribution in [2.24, 2.45) is 4.99 Å². The van der Waals surface area contributed by atoms with Crippen molar-refractivity contribution in [3.8, 4) is 16.9 Å². The van der Waals surface area contributed by atoms with Gasteiger partial charge in [0.25, 0.3) is 5.56 Å². The third-order valence-corrected chi connectivity index (χ3v) is 9.02. The molecule has 0 aliphatic heterocycles. The van der Waals surface area contributed by atoms with Crippen molar-refractivity contribution in [3.63, 3.8) is 0 Å². The van der Waals surface area contributed by atoms with E-state index in [-0.39, 0.29) is 31.0 Å². The second kappa shape index (κ2) is 14.4. The maximum absolute atomic E-state index is 15.8. The number of aliphatic imine (C=N–C) groups is 1. The van der Waals surface area contributed by atoms with Crippen LogP contribution < -0.4 is 21.5 Å². The molecule has 0 aliphatic carbocycles. The highest BCUT2D eigenvalue weighted by Gasteiger charge is 2.21. The zero-order valence-corrected chi connectivity index (χ0v) is 26.6. The van der Waals surface area contributed by atoms with Crippen LogP contribution in [-0.2, 0) is 33.9 Å². The standard InChI is InChI=1S/C34H33FN4O6S/c1-5-25-17-28-32(41)38(19-30(44-4)21-12-14-24(43-3)15-13-21)34(42)39(33(28)46-25)18-23-11-10-22(16-29(23)35)26-8-6-7-9-27(26)31(36-2)37-45-20-40/h6-17,20,30H,5,18-19H2,1-4H3,(H,36,37). The van der Waals surface area contributed by atoms with Crippen LogP contribution in [0.25, 0.3) is 21.3 Å². The van der Waals surface area contributed by atoms with Gasteiger partial charge in [-0.15, -0.1) is 11.3 Å². The van der Waals surface area contributed by atoms with Crippen LogP contribution in [0.4, 0.5) is 4.39 Å². The zero-order valence-electron chi connectivity index (χ0n) is 25.8. The summed E-state index contributed by atoms with van der Waals surface area (Å²) in [4.78, 5) is 48.6. The molecule has 12 heteroatoms. The molecule has 46 heavy (non-hydrogen) atoms. The van der Waals surface area contributed by atoms with E-state index in [4.69, 9.17) is 9.47 Å². The molecule has 2 heterocycles. The molecule has 5 aromatic rings. The van der Waals surface area contributed by atoms with Crippen LogP contribution in [0, 0.1) is 5.82 Å². The lowest BCUT2D eigenvalue weighted by Crippen LogP contribution is -2.41. The molecule has 1 unspecified atom stereocenters. The van der Waals surface area contributed by atoms with Crippen LogP contribution in [0.15, 0.2) is 87.4 Å². The summed E-state index contributed by atoms with van der Waals surface area (Å²) < 4.78 is 29.4. The first-order valence-electron chi connectivity index (χ1n) is 14.5. The summed E-state index contributed by atoms with van der Waals surface area (Å²) in [5.74, 6) is 0.429. The van der Waals surface area contributed by atoms with Gasteiger partial charge in [-0.1, -0.05) is 55.5 Å². The number of ether oxygens (including phenoxy) is 2. The predicted molar refractivity (Wildman–Crippen MR) is 176 cm³/mol. The maximum atomic E-state index is 15.8. The molecular weight excluding hydrogens is 611 g/mol. The van der Waals surface area contributed by atoms with E-state index in [0.29, 0.717) is 39.1 Å². The molecule has 5 rings (SSSR count). The Bertz CT molecular complexity index is 2020. The Morgan fingerprint density at radius 2 is 1.80 bits per heavy atom. The normalized spacial score (nSPS) is 12.2. The molecule has 1 atom stereocenters. The van der Waals surface area contributed by atoms with Crippen molar-refractivity contribution >= 4 is 33.9 Å². The number of nitrogens with zero attached hydrogens (tertiary/aromatic N) is 3. The number of aryl methyl sites for hydroxylation is 1. The van der Waals surface area contributed by atoms with Gasteiger partial charge in [0.1, 0.15) is 22.5 Å². The fourth-order valence-electron chi connectivity index (χ4n) is 5.28. The van der Waals surface area contributed by atoms with E-state index >= 15 is 4.39 Å². The number of hydrogen-bond donors (Lipinski definition) is 1. The lowest BCUT2D eigenvalue weighted by Gasteiger charge is -2.19. The molecule has 0 spiro atoms. The van der Waals surface area contributed by atoms with Gasteiger partial charge in [-0.05, 0) is 47.4 Å². The molecule has 0 saturated heterocycles. The molecular formula is C34H33FN4O6S. The van der Waals surface area contributed by atoms with E-state index in [9.17, 15) is 14.4 Å². The van der Waals surface area contributed by atoms with E-state index in [0.717, 1.165) is 15.0 Å².